The van der Waals surface area contributed by atoms with Crippen LogP contribution in [0.3, 0.4) is 0 Å². The van der Waals surface area contributed by atoms with Crippen molar-refractivity contribution in [2.24, 2.45) is 0 Å². The van der Waals surface area contributed by atoms with Crippen molar-refractivity contribution >= 4 is 5.91 Å². The first-order valence-electron chi connectivity index (χ1n) is 6.19. The lowest BCUT2D eigenvalue weighted by Gasteiger charge is -2.04. The maximum absolute atomic E-state index is 13.5. The number of phenols is 1. The predicted octanol–water partition coefficient (Wildman–Crippen LogP) is 2.57. The maximum Gasteiger partial charge on any atom is 0.254 e. The first-order valence-corrected chi connectivity index (χ1v) is 6.19. The monoisotopic (exact) mass is 278 g/mol. The Balaban J connectivity index is 2.01. The normalized spacial score (nSPS) is 10.8. The first-order chi connectivity index (χ1) is 9.47. The summed E-state index contributed by atoms with van der Waals surface area (Å²) in [5.41, 5.74) is 0.663. The third-order valence-electron chi connectivity index (χ3n) is 2.79. The molecule has 0 unspecified atom stereocenters. The van der Waals surface area contributed by atoms with E-state index in [0.29, 0.717) is 5.76 Å². The summed E-state index contributed by atoms with van der Waals surface area (Å²) in [6.45, 7) is 4.08. The minimum atomic E-state index is -0.775. The van der Waals surface area contributed by atoms with Gasteiger partial charge in [0, 0.05) is 12.1 Å². The number of nitrogens with one attached hydrogen (secondary N) is 1. The van der Waals surface area contributed by atoms with E-state index in [2.05, 4.69) is 10.5 Å². The molecule has 1 aromatic carbocycles. The summed E-state index contributed by atoms with van der Waals surface area (Å²) in [7, 11) is 0. The largest absolute Gasteiger partial charge is 0.508 e. The quantitative estimate of drug-likeness (QED) is 0.901. The molecule has 6 heteroatoms. The van der Waals surface area contributed by atoms with E-state index in [9.17, 15) is 9.18 Å². The molecule has 0 aliphatic carbocycles. The number of carbonyl (C=O) groups excluding carboxylic acids is 1. The molecule has 0 aliphatic rings. The Morgan fingerprint density at radius 1 is 1.45 bits per heavy atom. The molecule has 2 rings (SSSR count). The Labute approximate surface area is 115 Å². The third-order valence-corrected chi connectivity index (χ3v) is 2.79. The van der Waals surface area contributed by atoms with E-state index in [1.807, 2.05) is 13.8 Å². The highest BCUT2D eigenvalue weighted by Crippen LogP contribution is 2.16. The van der Waals surface area contributed by atoms with Gasteiger partial charge in [0.15, 0.2) is 5.76 Å². The summed E-state index contributed by atoms with van der Waals surface area (Å²) in [6, 6.07) is 5.11. The minimum Gasteiger partial charge on any atom is -0.508 e. The van der Waals surface area contributed by atoms with Crippen LogP contribution < -0.4 is 5.32 Å². The Hall–Kier alpha value is -2.37. The van der Waals surface area contributed by atoms with Crippen molar-refractivity contribution in [1.82, 2.24) is 10.5 Å². The van der Waals surface area contributed by atoms with Gasteiger partial charge in [-0.3, -0.25) is 4.79 Å². The molecule has 0 saturated carbocycles. The van der Waals surface area contributed by atoms with Gasteiger partial charge in [-0.1, -0.05) is 19.0 Å². The van der Waals surface area contributed by atoms with E-state index < -0.39 is 11.7 Å². The molecule has 20 heavy (non-hydrogen) atoms. The Kier molecular flexibility index (Phi) is 4.02. The van der Waals surface area contributed by atoms with Gasteiger partial charge in [0.2, 0.25) is 0 Å². The minimum absolute atomic E-state index is 0.124. The van der Waals surface area contributed by atoms with Crippen LogP contribution in [-0.4, -0.2) is 16.2 Å². The molecule has 0 fully saturated rings. The predicted molar refractivity (Wildman–Crippen MR) is 69.8 cm³/mol. The fraction of sp³-hybridized carbons (Fsp3) is 0.286. The van der Waals surface area contributed by atoms with Crippen LogP contribution in [0.4, 0.5) is 4.39 Å². The lowest BCUT2D eigenvalue weighted by Crippen LogP contribution is -2.23. The lowest BCUT2D eigenvalue weighted by molar-refractivity contribution is 0.0943. The van der Waals surface area contributed by atoms with Crippen LogP contribution in [0.1, 0.15) is 41.6 Å². The number of nitrogens with zero attached hydrogens (tertiary/aromatic N) is 1. The number of phenolic OH excluding ortho intramolecular Hbond substituents is 1. The molecule has 0 atom stereocenters. The molecule has 106 valence electrons. The molecule has 1 aromatic heterocycles. The first kappa shape index (κ1) is 14.0. The molecule has 1 heterocycles. The molecule has 0 bridgehead atoms. The number of aromatic hydroxyl groups is 1. The van der Waals surface area contributed by atoms with Crippen molar-refractivity contribution in [2.75, 3.05) is 0 Å². The number of halogens is 1. The Bertz CT molecular complexity index is 623. The number of rotatable bonds is 4. The van der Waals surface area contributed by atoms with Gasteiger partial charge >= 0.3 is 0 Å². The van der Waals surface area contributed by atoms with Crippen molar-refractivity contribution in [3.63, 3.8) is 0 Å². The van der Waals surface area contributed by atoms with E-state index in [4.69, 9.17) is 9.63 Å². The molecule has 0 saturated heterocycles. The van der Waals surface area contributed by atoms with Gasteiger partial charge in [-0.25, -0.2) is 4.39 Å². The zero-order valence-electron chi connectivity index (χ0n) is 11.2. The average Bonchev–Trinajstić information content (AvgIpc) is 2.85. The molecule has 5 nitrogen and oxygen atoms in total. The summed E-state index contributed by atoms with van der Waals surface area (Å²) in [5, 5.41) is 15.5. The zero-order valence-corrected chi connectivity index (χ0v) is 11.2. The molecule has 0 aliphatic heterocycles. The standard InChI is InChI=1S/C14H15FN2O3/c1-8(2)13-6-10(20-17-13)7-16-14(19)11-4-3-9(18)5-12(11)15/h3-6,8,18H,7H2,1-2H3,(H,16,19). The number of benzene rings is 1. The van der Waals surface area contributed by atoms with Gasteiger partial charge < -0.3 is 14.9 Å². The van der Waals surface area contributed by atoms with Crippen molar-refractivity contribution in [2.45, 2.75) is 26.3 Å². The van der Waals surface area contributed by atoms with Crippen molar-refractivity contribution < 1.29 is 18.8 Å². The number of carbonyl (C=O) groups is 1. The topological polar surface area (TPSA) is 75.4 Å². The summed E-state index contributed by atoms with van der Waals surface area (Å²) in [6.07, 6.45) is 0. The molecular weight excluding hydrogens is 263 g/mol. The molecular formula is C14H15FN2O3. The fourth-order valence-corrected chi connectivity index (χ4v) is 1.64. The zero-order chi connectivity index (χ0) is 14.7. The van der Waals surface area contributed by atoms with Crippen molar-refractivity contribution in [1.29, 1.82) is 0 Å². The fourth-order valence-electron chi connectivity index (χ4n) is 1.64. The van der Waals surface area contributed by atoms with E-state index >= 15 is 0 Å². The highest BCUT2D eigenvalue weighted by Gasteiger charge is 2.13. The van der Waals surface area contributed by atoms with Crippen LogP contribution in [0.25, 0.3) is 0 Å². The number of hydrogen-bond acceptors (Lipinski definition) is 4. The number of hydrogen-bond donors (Lipinski definition) is 2. The van der Waals surface area contributed by atoms with Crippen LogP contribution in [0.2, 0.25) is 0 Å². The summed E-state index contributed by atoms with van der Waals surface area (Å²) < 4.78 is 18.5. The smallest absolute Gasteiger partial charge is 0.254 e. The van der Waals surface area contributed by atoms with E-state index in [0.717, 1.165) is 11.8 Å². The summed E-state index contributed by atoms with van der Waals surface area (Å²) in [5.74, 6) is -0.845. The Morgan fingerprint density at radius 3 is 2.80 bits per heavy atom. The van der Waals surface area contributed by atoms with Crippen LogP contribution in [0.5, 0.6) is 5.75 Å². The van der Waals surface area contributed by atoms with Gasteiger partial charge in [0.1, 0.15) is 11.6 Å². The second kappa shape index (κ2) is 5.73. The molecule has 0 radical (unpaired) electrons. The molecule has 1 amide bonds. The second-order valence-corrected chi connectivity index (χ2v) is 4.72. The maximum atomic E-state index is 13.5. The van der Waals surface area contributed by atoms with Crippen LogP contribution in [-0.2, 0) is 6.54 Å². The molecule has 0 spiro atoms. The van der Waals surface area contributed by atoms with E-state index in [1.165, 1.54) is 12.1 Å². The Morgan fingerprint density at radius 2 is 2.20 bits per heavy atom. The third kappa shape index (κ3) is 3.14. The van der Waals surface area contributed by atoms with Gasteiger partial charge in [0.05, 0.1) is 17.8 Å². The van der Waals surface area contributed by atoms with E-state index in [1.54, 1.807) is 6.07 Å². The number of aromatic nitrogens is 1. The molecule has 2 N–H and O–H groups in total. The van der Waals surface area contributed by atoms with Gasteiger partial charge in [-0.05, 0) is 18.1 Å². The van der Waals surface area contributed by atoms with Crippen molar-refractivity contribution in [3.05, 3.63) is 47.1 Å². The summed E-state index contributed by atoms with van der Waals surface area (Å²) in [4.78, 5) is 11.8. The van der Waals surface area contributed by atoms with Crippen LogP contribution in [0, 0.1) is 5.82 Å². The molecule has 2 aromatic rings. The van der Waals surface area contributed by atoms with Gasteiger partial charge in [-0.2, -0.15) is 0 Å². The lowest BCUT2D eigenvalue weighted by atomic mass is 10.1. The summed E-state index contributed by atoms with van der Waals surface area (Å²) >= 11 is 0. The average molecular weight is 278 g/mol. The van der Waals surface area contributed by atoms with Gasteiger partial charge in [0.25, 0.3) is 5.91 Å². The second-order valence-electron chi connectivity index (χ2n) is 4.72. The van der Waals surface area contributed by atoms with Crippen LogP contribution in [0.15, 0.2) is 28.8 Å². The van der Waals surface area contributed by atoms with E-state index in [-0.39, 0.29) is 23.8 Å². The number of amides is 1. The van der Waals surface area contributed by atoms with Crippen molar-refractivity contribution in [3.8, 4) is 5.75 Å². The van der Waals surface area contributed by atoms with Gasteiger partial charge in [-0.15, -0.1) is 0 Å². The SMILES string of the molecule is CC(C)c1cc(CNC(=O)c2ccc(O)cc2F)on1. The van der Waals surface area contributed by atoms with Crippen LogP contribution >= 0.6 is 0 Å². The highest BCUT2D eigenvalue weighted by atomic mass is 19.1. The highest BCUT2D eigenvalue weighted by molar-refractivity contribution is 5.94.